The van der Waals surface area contributed by atoms with Gasteiger partial charge in [0.15, 0.2) is 5.69 Å². The van der Waals surface area contributed by atoms with Gasteiger partial charge in [0.05, 0.1) is 23.5 Å². The Hall–Kier alpha value is -1.56. The van der Waals surface area contributed by atoms with Gasteiger partial charge in [-0.3, -0.25) is 9.89 Å². The second-order valence-corrected chi connectivity index (χ2v) is 4.34. The summed E-state index contributed by atoms with van der Waals surface area (Å²) in [5.74, 6) is -0.364. The first kappa shape index (κ1) is 13.5. The zero-order chi connectivity index (χ0) is 13.1. The predicted octanol–water partition coefficient (Wildman–Crippen LogP) is 0.445. The SMILES string of the molecule is CCc1[nH]nc(C(=O)NC(C)(CC)CO)c1N. The summed E-state index contributed by atoms with van der Waals surface area (Å²) in [6.45, 7) is 5.46. The van der Waals surface area contributed by atoms with Crippen molar-refractivity contribution < 1.29 is 9.90 Å². The number of carbonyl (C=O) groups excluding carboxylic acids is 1. The van der Waals surface area contributed by atoms with Gasteiger partial charge in [-0.25, -0.2) is 0 Å². The van der Waals surface area contributed by atoms with Gasteiger partial charge in [-0.1, -0.05) is 13.8 Å². The number of hydrogen-bond donors (Lipinski definition) is 4. The van der Waals surface area contributed by atoms with Crippen molar-refractivity contribution in [3.05, 3.63) is 11.4 Å². The molecular weight excluding hydrogens is 220 g/mol. The standard InChI is InChI=1S/C11H20N4O2/c1-4-7-8(12)9(15-14-7)10(17)13-11(3,5-2)6-16/h16H,4-6,12H2,1-3H3,(H,13,17)(H,14,15). The van der Waals surface area contributed by atoms with Crippen molar-refractivity contribution in [3.8, 4) is 0 Å². The molecule has 0 bridgehead atoms. The maximum Gasteiger partial charge on any atom is 0.274 e. The van der Waals surface area contributed by atoms with Gasteiger partial charge in [0.1, 0.15) is 0 Å². The van der Waals surface area contributed by atoms with Crippen LogP contribution < -0.4 is 11.1 Å². The summed E-state index contributed by atoms with van der Waals surface area (Å²) in [6.07, 6.45) is 1.32. The largest absolute Gasteiger partial charge is 0.395 e. The molecule has 1 aromatic rings. The van der Waals surface area contributed by atoms with E-state index in [9.17, 15) is 9.90 Å². The number of aromatic amines is 1. The van der Waals surface area contributed by atoms with Gasteiger partial charge < -0.3 is 16.2 Å². The number of aryl methyl sites for hydroxylation is 1. The van der Waals surface area contributed by atoms with E-state index in [1.54, 1.807) is 6.92 Å². The number of aliphatic hydroxyl groups is 1. The number of hydrogen-bond acceptors (Lipinski definition) is 4. The summed E-state index contributed by atoms with van der Waals surface area (Å²) in [5.41, 5.74) is 6.47. The Labute approximate surface area is 101 Å². The molecule has 1 amide bonds. The van der Waals surface area contributed by atoms with Crippen molar-refractivity contribution in [1.29, 1.82) is 0 Å². The molecule has 0 aliphatic rings. The third-order valence-corrected chi connectivity index (χ3v) is 3.00. The summed E-state index contributed by atoms with van der Waals surface area (Å²) >= 11 is 0. The number of nitrogen functional groups attached to an aromatic ring is 1. The third-order valence-electron chi connectivity index (χ3n) is 3.00. The predicted molar refractivity (Wildman–Crippen MR) is 65.6 cm³/mol. The lowest BCUT2D eigenvalue weighted by atomic mass is 10.00. The van der Waals surface area contributed by atoms with Crippen LogP contribution >= 0.6 is 0 Å². The lowest BCUT2D eigenvalue weighted by Crippen LogP contribution is -2.48. The van der Waals surface area contributed by atoms with E-state index in [1.807, 2.05) is 13.8 Å². The minimum Gasteiger partial charge on any atom is -0.395 e. The number of H-pyrrole nitrogens is 1. The van der Waals surface area contributed by atoms with Crippen LogP contribution in [-0.4, -0.2) is 33.4 Å². The van der Waals surface area contributed by atoms with Crippen LogP contribution in [0, 0.1) is 0 Å². The maximum atomic E-state index is 11.9. The zero-order valence-corrected chi connectivity index (χ0v) is 10.5. The number of nitrogens with zero attached hydrogens (tertiary/aromatic N) is 1. The normalized spacial score (nSPS) is 14.4. The van der Waals surface area contributed by atoms with Gasteiger partial charge in [0, 0.05) is 0 Å². The smallest absolute Gasteiger partial charge is 0.274 e. The molecule has 0 saturated heterocycles. The van der Waals surface area contributed by atoms with Crippen molar-refractivity contribution >= 4 is 11.6 Å². The second kappa shape index (κ2) is 5.18. The number of carbonyl (C=O) groups is 1. The van der Waals surface area contributed by atoms with E-state index in [0.29, 0.717) is 18.5 Å². The number of aliphatic hydroxyl groups excluding tert-OH is 1. The highest BCUT2D eigenvalue weighted by Crippen LogP contribution is 2.16. The molecule has 6 nitrogen and oxygen atoms in total. The van der Waals surface area contributed by atoms with E-state index in [1.165, 1.54) is 0 Å². The van der Waals surface area contributed by atoms with Crippen LogP contribution in [-0.2, 0) is 6.42 Å². The highest BCUT2D eigenvalue weighted by atomic mass is 16.3. The van der Waals surface area contributed by atoms with Crippen LogP contribution in [0.15, 0.2) is 0 Å². The molecule has 0 spiro atoms. The van der Waals surface area contributed by atoms with Gasteiger partial charge >= 0.3 is 0 Å². The van der Waals surface area contributed by atoms with E-state index in [4.69, 9.17) is 5.73 Å². The molecule has 0 aliphatic carbocycles. The summed E-state index contributed by atoms with van der Waals surface area (Å²) in [6, 6.07) is 0. The lowest BCUT2D eigenvalue weighted by Gasteiger charge is -2.26. The minimum absolute atomic E-state index is 0.125. The average Bonchev–Trinajstić information content (AvgIpc) is 2.70. The Bertz CT molecular complexity index is 396. The van der Waals surface area contributed by atoms with Crippen molar-refractivity contribution in [3.63, 3.8) is 0 Å². The van der Waals surface area contributed by atoms with Gasteiger partial charge in [0.25, 0.3) is 5.91 Å². The van der Waals surface area contributed by atoms with Gasteiger partial charge in [-0.2, -0.15) is 5.10 Å². The van der Waals surface area contributed by atoms with Crippen molar-refractivity contribution in [1.82, 2.24) is 15.5 Å². The summed E-state index contributed by atoms with van der Waals surface area (Å²) in [7, 11) is 0. The molecule has 0 aliphatic heterocycles. The molecule has 1 aromatic heterocycles. The van der Waals surface area contributed by atoms with Crippen molar-refractivity contribution in [2.75, 3.05) is 12.3 Å². The first-order valence-corrected chi connectivity index (χ1v) is 5.73. The van der Waals surface area contributed by atoms with E-state index in [0.717, 1.165) is 5.69 Å². The number of aromatic nitrogens is 2. The summed E-state index contributed by atoms with van der Waals surface area (Å²) < 4.78 is 0. The van der Waals surface area contributed by atoms with Crippen molar-refractivity contribution in [2.24, 2.45) is 0 Å². The van der Waals surface area contributed by atoms with Gasteiger partial charge in [-0.15, -0.1) is 0 Å². The molecule has 1 atom stereocenters. The topological polar surface area (TPSA) is 104 Å². The number of anilines is 1. The number of amides is 1. The average molecular weight is 240 g/mol. The van der Waals surface area contributed by atoms with E-state index < -0.39 is 5.54 Å². The molecular formula is C11H20N4O2. The van der Waals surface area contributed by atoms with Crippen LogP contribution in [0.3, 0.4) is 0 Å². The Morgan fingerprint density at radius 3 is 2.65 bits per heavy atom. The fourth-order valence-corrected chi connectivity index (χ4v) is 1.40. The fourth-order valence-electron chi connectivity index (χ4n) is 1.40. The molecule has 5 N–H and O–H groups in total. The Kier molecular flexibility index (Phi) is 4.11. The first-order valence-electron chi connectivity index (χ1n) is 5.73. The molecule has 0 saturated carbocycles. The fraction of sp³-hybridized carbons (Fsp3) is 0.636. The Balaban J connectivity index is 2.86. The summed E-state index contributed by atoms with van der Waals surface area (Å²) in [4.78, 5) is 11.9. The van der Waals surface area contributed by atoms with Crippen LogP contribution in [0.4, 0.5) is 5.69 Å². The quantitative estimate of drug-likeness (QED) is 0.599. The van der Waals surface area contributed by atoms with E-state index >= 15 is 0 Å². The van der Waals surface area contributed by atoms with Gasteiger partial charge in [0.2, 0.25) is 0 Å². The van der Waals surface area contributed by atoms with E-state index in [-0.39, 0.29) is 18.2 Å². The number of nitrogens with one attached hydrogen (secondary N) is 2. The molecule has 1 unspecified atom stereocenters. The molecule has 1 rings (SSSR count). The molecule has 96 valence electrons. The Morgan fingerprint density at radius 1 is 1.59 bits per heavy atom. The molecule has 0 radical (unpaired) electrons. The van der Waals surface area contributed by atoms with Crippen LogP contribution in [0.5, 0.6) is 0 Å². The Morgan fingerprint density at radius 2 is 2.24 bits per heavy atom. The summed E-state index contributed by atoms with van der Waals surface area (Å²) in [5, 5.41) is 18.6. The molecule has 0 fully saturated rings. The van der Waals surface area contributed by atoms with Crippen LogP contribution in [0.1, 0.15) is 43.4 Å². The molecule has 6 heteroatoms. The van der Waals surface area contributed by atoms with Crippen LogP contribution in [0.25, 0.3) is 0 Å². The van der Waals surface area contributed by atoms with Gasteiger partial charge in [-0.05, 0) is 19.8 Å². The maximum absolute atomic E-state index is 11.9. The number of rotatable bonds is 5. The molecule has 17 heavy (non-hydrogen) atoms. The number of nitrogens with two attached hydrogens (primary N) is 1. The monoisotopic (exact) mass is 240 g/mol. The minimum atomic E-state index is -0.644. The zero-order valence-electron chi connectivity index (χ0n) is 10.5. The highest BCUT2D eigenvalue weighted by Gasteiger charge is 2.26. The molecule has 1 heterocycles. The second-order valence-electron chi connectivity index (χ2n) is 4.34. The lowest BCUT2D eigenvalue weighted by molar-refractivity contribution is 0.0843. The third kappa shape index (κ3) is 2.76. The molecule has 0 aromatic carbocycles. The van der Waals surface area contributed by atoms with Crippen LogP contribution in [0.2, 0.25) is 0 Å². The highest BCUT2D eigenvalue weighted by molar-refractivity contribution is 5.98. The first-order chi connectivity index (χ1) is 7.97. The van der Waals surface area contributed by atoms with E-state index in [2.05, 4.69) is 15.5 Å². The van der Waals surface area contributed by atoms with Crippen molar-refractivity contribution in [2.45, 2.75) is 39.2 Å².